The summed E-state index contributed by atoms with van der Waals surface area (Å²) in [5.74, 6) is -0.0600. The maximum Gasteiger partial charge on any atom is 0.325 e. The second-order valence-electron chi connectivity index (χ2n) is 5.94. The number of carbonyl (C=O) groups excluding carboxylic acids is 3. The number of thioether (sulfide) groups is 1. The predicted octanol–water partition coefficient (Wildman–Crippen LogP) is 4.23. The van der Waals surface area contributed by atoms with Crippen molar-refractivity contribution in [2.45, 2.75) is 33.3 Å². The van der Waals surface area contributed by atoms with E-state index in [1.165, 1.54) is 7.11 Å². The molecule has 2 amide bonds. The molecule has 0 saturated carbocycles. The van der Waals surface area contributed by atoms with E-state index in [1.54, 1.807) is 18.2 Å². The van der Waals surface area contributed by atoms with E-state index in [2.05, 4.69) is 20.7 Å². The summed E-state index contributed by atoms with van der Waals surface area (Å²) < 4.78 is 16.8. The van der Waals surface area contributed by atoms with Crippen LogP contribution in [0.25, 0.3) is 6.08 Å². The number of esters is 1. The van der Waals surface area contributed by atoms with Gasteiger partial charge in [0.15, 0.2) is 11.5 Å². The molecule has 1 aliphatic rings. The number of hydrogen-bond donors (Lipinski definition) is 0. The number of hydrogen-bond acceptors (Lipinski definition) is 7. The molecule has 0 N–H and O–H groups in total. The third kappa shape index (κ3) is 5.29. The van der Waals surface area contributed by atoms with Gasteiger partial charge in [0.2, 0.25) is 0 Å². The fraction of sp³-hybridized carbons (Fsp3) is 0.421. The van der Waals surface area contributed by atoms with E-state index in [1.807, 2.05) is 20.8 Å². The quantitative estimate of drug-likeness (QED) is 0.414. The van der Waals surface area contributed by atoms with E-state index in [4.69, 9.17) is 9.47 Å². The SMILES string of the molecule is CCOc1cc(/C=C2/SC(=O)N(CC(=O)OC)C2=O)cc(Br)c1O[C@@H](C)CC. The van der Waals surface area contributed by atoms with Crippen molar-refractivity contribution in [2.24, 2.45) is 0 Å². The van der Waals surface area contributed by atoms with Crippen LogP contribution < -0.4 is 9.47 Å². The van der Waals surface area contributed by atoms with Crippen LogP contribution in [0.1, 0.15) is 32.8 Å². The number of carbonyl (C=O) groups is 3. The van der Waals surface area contributed by atoms with Gasteiger partial charge in [0.1, 0.15) is 6.54 Å². The number of ether oxygens (including phenoxy) is 3. The molecule has 0 aliphatic carbocycles. The van der Waals surface area contributed by atoms with Crippen LogP contribution in [0.3, 0.4) is 0 Å². The summed E-state index contributed by atoms with van der Waals surface area (Å²) in [6.45, 7) is 5.90. The van der Waals surface area contributed by atoms with E-state index in [9.17, 15) is 14.4 Å². The second-order valence-corrected chi connectivity index (χ2v) is 7.79. The summed E-state index contributed by atoms with van der Waals surface area (Å²) in [5.41, 5.74) is 0.662. The van der Waals surface area contributed by atoms with Gasteiger partial charge in [-0.3, -0.25) is 19.3 Å². The summed E-state index contributed by atoms with van der Waals surface area (Å²) in [7, 11) is 1.20. The van der Waals surface area contributed by atoms with Crippen LogP contribution in [-0.4, -0.2) is 48.4 Å². The second kappa shape index (κ2) is 9.97. The van der Waals surface area contributed by atoms with E-state index in [-0.39, 0.29) is 11.0 Å². The van der Waals surface area contributed by atoms with Crippen molar-refractivity contribution in [3.63, 3.8) is 0 Å². The van der Waals surface area contributed by atoms with Crippen molar-refractivity contribution >= 4 is 50.9 Å². The van der Waals surface area contributed by atoms with Crippen LogP contribution in [0.5, 0.6) is 11.5 Å². The zero-order valence-electron chi connectivity index (χ0n) is 16.1. The largest absolute Gasteiger partial charge is 0.490 e. The molecule has 9 heteroatoms. The lowest BCUT2D eigenvalue weighted by Gasteiger charge is -2.18. The molecule has 1 heterocycles. The number of nitrogens with zero attached hydrogens (tertiary/aromatic N) is 1. The minimum absolute atomic E-state index is 0.0103. The first-order valence-electron chi connectivity index (χ1n) is 8.75. The minimum Gasteiger partial charge on any atom is -0.490 e. The molecule has 0 aromatic heterocycles. The highest BCUT2D eigenvalue weighted by Gasteiger charge is 2.36. The lowest BCUT2D eigenvalue weighted by molar-refractivity contribution is -0.143. The Kier molecular flexibility index (Phi) is 7.94. The Labute approximate surface area is 176 Å². The molecule has 0 bridgehead atoms. The van der Waals surface area contributed by atoms with Gasteiger partial charge in [-0.15, -0.1) is 0 Å². The normalized spacial score (nSPS) is 16.5. The smallest absolute Gasteiger partial charge is 0.325 e. The molecule has 28 heavy (non-hydrogen) atoms. The van der Waals surface area contributed by atoms with Crippen molar-refractivity contribution < 1.29 is 28.6 Å². The van der Waals surface area contributed by atoms with Gasteiger partial charge in [0.05, 0.1) is 29.2 Å². The fourth-order valence-electron chi connectivity index (χ4n) is 2.31. The molecule has 1 saturated heterocycles. The zero-order valence-corrected chi connectivity index (χ0v) is 18.5. The summed E-state index contributed by atoms with van der Waals surface area (Å²) in [6, 6.07) is 3.54. The molecule has 1 aliphatic heterocycles. The van der Waals surface area contributed by atoms with E-state index >= 15 is 0 Å². The molecule has 0 unspecified atom stereocenters. The Balaban J connectivity index is 2.33. The molecular formula is C19H22BrNO6S. The molecule has 0 spiro atoms. The number of halogens is 1. The topological polar surface area (TPSA) is 82.1 Å². The Morgan fingerprint density at radius 1 is 1.32 bits per heavy atom. The summed E-state index contributed by atoms with van der Waals surface area (Å²) in [6.07, 6.45) is 2.44. The Bertz CT molecular complexity index is 810. The van der Waals surface area contributed by atoms with Crippen molar-refractivity contribution in [1.29, 1.82) is 0 Å². The molecule has 0 radical (unpaired) electrons. The minimum atomic E-state index is -0.656. The van der Waals surface area contributed by atoms with Crippen molar-refractivity contribution in [3.8, 4) is 11.5 Å². The lowest BCUT2D eigenvalue weighted by Crippen LogP contribution is -2.34. The summed E-state index contributed by atoms with van der Waals surface area (Å²) in [4.78, 5) is 37.0. The van der Waals surface area contributed by atoms with Gasteiger partial charge in [0, 0.05) is 0 Å². The van der Waals surface area contributed by atoms with Gasteiger partial charge in [0.25, 0.3) is 11.1 Å². The van der Waals surface area contributed by atoms with Gasteiger partial charge in [-0.2, -0.15) is 0 Å². The van der Waals surface area contributed by atoms with Gasteiger partial charge < -0.3 is 14.2 Å². The highest BCUT2D eigenvalue weighted by Crippen LogP contribution is 2.40. The predicted molar refractivity (Wildman–Crippen MR) is 110 cm³/mol. The van der Waals surface area contributed by atoms with Gasteiger partial charge in [-0.25, -0.2) is 0 Å². The number of methoxy groups -OCH3 is 1. The highest BCUT2D eigenvalue weighted by atomic mass is 79.9. The van der Waals surface area contributed by atoms with Crippen molar-refractivity contribution in [2.75, 3.05) is 20.3 Å². The maximum absolute atomic E-state index is 12.5. The molecule has 1 fully saturated rings. The van der Waals surface area contributed by atoms with Crippen LogP contribution in [0, 0.1) is 0 Å². The van der Waals surface area contributed by atoms with Gasteiger partial charge in [-0.05, 0) is 71.7 Å². The van der Waals surface area contributed by atoms with Crippen LogP contribution in [0.2, 0.25) is 0 Å². The van der Waals surface area contributed by atoms with Crippen molar-refractivity contribution in [1.82, 2.24) is 4.90 Å². The van der Waals surface area contributed by atoms with Crippen LogP contribution in [0.15, 0.2) is 21.5 Å². The van der Waals surface area contributed by atoms with Crippen LogP contribution in [0.4, 0.5) is 4.79 Å². The number of benzene rings is 1. The third-order valence-electron chi connectivity index (χ3n) is 3.91. The molecule has 2 rings (SSSR count). The molecule has 7 nitrogen and oxygen atoms in total. The van der Waals surface area contributed by atoms with E-state index in [0.29, 0.717) is 28.1 Å². The Morgan fingerprint density at radius 3 is 2.64 bits per heavy atom. The average molecular weight is 472 g/mol. The molecule has 152 valence electrons. The van der Waals surface area contributed by atoms with Crippen LogP contribution in [-0.2, 0) is 14.3 Å². The average Bonchev–Trinajstić information content (AvgIpc) is 2.91. The first-order valence-corrected chi connectivity index (χ1v) is 10.4. The molecular weight excluding hydrogens is 450 g/mol. The fourth-order valence-corrected chi connectivity index (χ4v) is 3.71. The zero-order chi connectivity index (χ0) is 20.8. The molecule has 1 aromatic rings. The Morgan fingerprint density at radius 2 is 2.04 bits per heavy atom. The van der Waals surface area contributed by atoms with Gasteiger partial charge in [-0.1, -0.05) is 6.92 Å². The molecule has 1 atom stereocenters. The van der Waals surface area contributed by atoms with E-state index < -0.39 is 23.7 Å². The number of imide groups is 1. The van der Waals surface area contributed by atoms with Crippen molar-refractivity contribution in [3.05, 3.63) is 27.1 Å². The standard InChI is InChI=1S/C19H22BrNO6S/c1-5-11(3)27-17-13(20)7-12(8-14(17)26-6-2)9-15-18(23)21(19(24)28-15)10-16(22)25-4/h7-9,11H,5-6,10H2,1-4H3/b15-9+/t11-/m0/s1. The summed E-state index contributed by atoms with van der Waals surface area (Å²) >= 11 is 4.27. The maximum atomic E-state index is 12.5. The molecule has 1 aromatic carbocycles. The highest BCUT2D eigenvalue weighted by molar-refractivity contribution is 9.10. The van der Waals surface area contributed by atoms with E-state index in [0.717, 1.165) is 23.1 Å². The lowest BCUT2D eigenvalue weighted by atomic mass is 10.1. The monoisotopic (exact) mass is 471 g/mol. The number of amides is 2. The number of rotatable bonds is 8. The van der Waals surface area contributed by atoms with Crippen LogP contribution >= 0.6 is 27.7 Å². The first kappa shape index (κ1) is 22.3. The first-order chi connectivity index (χ1) is 13.3. The Hall–Kier alpha value is -2.00. The summed E-state index contributed by atoms with van der Waals surface area (Å²) in [5, 5.41) is -0.512. The van der Waals surface area contributed by atoms with Gasteiger partial charge >= 0.3 is 5.97 Å². The third-order valence-corrected chi connectivity index (χ3v) is 5.41.